The molecule has 1 atom stereocenters. The van der Waals surface area contributed by atoms with Crippen LogP contribution in [0.3, 0.4) is 0 Å². The Balaban J connectivity index is 1.66. The third kappa shape index (κ3) is 3.04. The smallest absolute Gasteiger partial charge is 0.294 e. The number of carbonyl (C=O) groups is 2. The second-order valence-electron chi connectivity index (χ2n) is 7.68. The third-order valence-electron chi connectivity index (χ3n) is 5.40. The van der Waals surface area contributed by atoms with Crippen molar-refractivity contribution < 1.29 is 23.5 Å². The maximum Gasteiger partial charge on any atom is 0.294 e. The summed E-state index contributed by atoms with van der Waals surface area (Å²) in [4.78, 5) is 28.0. The van der Waals surface area contributed by atoms with Crippen molar-refractivity contribution in [1.82, 2.24) is 0 Å². The molecule has 5 rings (SSSR count). The molecule has 0 aliphatic carbocycles. The van der Waals surface area contributed by atoms with E-state index < -0.39 is 23.5 Å². The predicted molar refractivity (Wildman–Crippen MR) is 115 cm³/mol. The number of rotatable bonds is 4. The number of carbonyl (C=O) groups excluding carboxylic acids is 2. The van der Waals surface area contributed by atoms with Gasteiger partial charge in [-0.2, -0.15) is 0 Å². The third-order valence-corrected chi connectivity index (χ3v) is 5.40. The number of hydrogen-bond acceptors (Lipinski definition) is 5. The molecule has 1 aliphatic heterocycles. The summed E-state index contributed by atoms with van der Waals surface area (Å²) in [6, 6.07) is 17.0. The monoisotopic (exact) mass is 413 g/mol. The van der Waals surface area contributed by atoms with Crippen LogP contribution in [0.2, 0.25) is 0 Å². The van der Waals surface area contributed by atoms with E-state index in [0.29, 0.717) is 17.0 Å². The second kappa shape index (κ2) is 7.02. The van der Waals surface area contributed by atoms with Crippen molar-refractivity contribution in [2.24, 2.45) is 0 Å². The van der Waals surface area contributed by atoms with Gasteiger partial charge in [0.05, 0.1) is 11.8 Å². The molecule has 0 bridgehead atoms. The average molecular weight is 413 g/mol. The molecule has 3 heterocycles. The number of anilines is 1. The molecule has 0 fully saturated rings. The molecule has 6 nitrogen and oxygen atoms in total. The van der Waals surface area contributed by atoms with Crippen LogP contribution in [0.5, 0.6) is 0 Å². The predicted octanol–water partition coefficient (Wildman–Crippen LogP) is 5.43. The quantitative estimate of drug-likeness (QED) is 0.451. The van der Waals surface area contributed by atoms with Gasteiger partial charge in [-0.15, -0.1) is 0 Å². The van der Waals surface area contributed by atoms with Gasteiger partial charge in [-0.05, 0) is 61.4 Å². The number of ketones is 1. The zero-order chi connectivity index (χ0) is 21.7. The van der Waals surface area contributed by atoms with Crippen LogP contribution in [-0.4, -0.2) is 16.8 Å². The van der Waals surface area contributed by atoms with Gasteiger partial charge < -0.3 is 13.9 Å². The number of para-hydroxylation sites is 1. The molecule has 154 valence electrons. The summed E-state index contributed by atoms with van der Waals surface area (Å²) in [6.45, 7) is 3.85. The molecule has 0 radical (unpaired) electrons. The Morgan fingerprint density at radius 3 is 2.42 bits per heavy atom. The first-order chi connectivity index (χ1) is 14.9. The lowest BCUT2D eigenvalue weighted by atomic mass is 9.99. The minimum absolute atomic E-state index is 0.0504. The number of fused-ring (bicyclic) bond motifs is 1. The minimum atomic E-state index is -0.913. The number of Topliss-reactive ketones (excluding diaryl/α,β-unsaturated/α-hetero) is 1. The van der Waals surface area contributed by atoms with E-state index in [2.05, 4.69) is 0 Å². The van der Waals surface area contributed by atoms with Gasteiger partial charge >= 0.3 is 0 Å². The van der Waals surface area contributed by atoms with Crippen LogP contribution in [-0.2, 0) is 4.79 Å². The maximum absolute atomic E-state index is 13.5. The molecule has 6 heteroatoms. The summed E-state index contributed by atoms with van der Waals surface area (Å²) in [5.41, 5.74) is 2.96. The molecule has 1 N–H and O–H groups in total. The Kier molecular flexibility index (Phi) is 4.29. The zero-order valence-electron chi connectivity index (χ0n) is 17.0. The van der Waals surface area contributed by atoms with E-state index in [4.69, 9.17) is 8.83 Å². The first kappa shape index (κ1) is 18.9. The molecule has 2 aromatic carbocycles. The van der Waals surface area contributed by atoms with Crippen LogP contribution < -0.4 is 4.90 Å². The normalized spacial score (nSPS) is 16.5. The van der Waals surface area contributed by atoms with E-state index >= 15 is 0 Å². The molecular formula is C25H19NO5. The summed E-state index contributed by atoms with van der Waals surface area (Å²) in [6.07, 6.45) is 1.47. The van der Waals surface area contributed by atoms with Crippen molar-refractivity contribution in [2.45, 2.75) is 19.9 Å². The highest BCUT2D eigenvalue weighted by Gasteiger charge is 2.46. The summed E-state index contributed by atoms with van der Waals surface area (Å²) < 4.78 is 11.3. The first-order valence-electron chi connectivity index (χ1n) is 9.85. The fourth-order valence-corrected chi connectivity index (χ4v) is 4.14. The molecule has 31 heavy (non-hydrogen) atoms. The molecule has 0 saturated heterocycles. The minimum Gasteiger partial charge on any atom is -0.503 e. The highest BCUT2D eigenvalue weighted by molar-refractivity contribution is 6.20. The van der Waals surface area contributed by atoms with E-state index in [9.17, 15) is 14.7 Å². The van der Waals surface area contributed by atoms with Crippen LogP contribution in [0.4, 0.5) is 5.69 Å². The molecule has 4 aromatic rings. The number of nitrogens with zero attached hydrogens (tertiary/aromatic N) is 1. The first-order valence-corrected chi connectivity index (χ1v) is 9.85. The summed E-state index contributed by atoms with van der Waals surface area (Å²) >= 11 is 0. The molecular weight excluding hydrogens is 394 g/mol. The molecule has 0 spiro atoms. The van der Waals surface area contributed by atoms with Gasteiger partial charge in [0.2, 0.25) is 5.78 Å². The van der Waals surface area contributed by atoms with E-state index in [1.807, 2.05) is 50.2 Å². The van der Waals surface area contributed by atoms with Crippen LogP contribution in [0.1, 0.15) is 33.5 Å². The lowest BCUT2D eigenvalue weighted by Gasteiger charge is -2.25. The fourth-order valence-electron chi connectivity index (χ4n) is 4.14. The molecule has 0 saturated carbocycles. The number of benzene rings is 2. The highest BCUT2D eigenvalue weighted by Crippen LogP contribution is 2.42. The number of amides is 1. The molecule has 1 amide bonds. The van der Waals surface area contributed by atoms with Gasteiger partial charge in [-0.1, -0.05) is 24.3 Å². The SMILES string of the molecule is Cc1cc(C)cc(N2C(=O)C(O)=C(C(=O)c3cc4ccccc4o3)C2c2ccco2)c1. The van der Waals surface area contributed by atoms with Crippen LogP contribution in [0.15, 0.2) is 87.1 Å². The Bertz CT molecular complexity index is 1310. The van der Waals surface area contributed by atoms with Gasteiger partial charge in [-0.3, -0.25) is 14.5 Å². The highest BCUT2D eigenvalue weighted by atomic mass is 16.3. The summed E-state index contributed by atoms with van der Waals surface area (Å²) in [5.74, 6) is -1.40. The Morgan fingerprint density at radius 1 is 1.00 bits per heavy atom. The number of aliphatic hydroxyl groups is 1. The van der Waals surface area contributed by atoms with Gasteiger partial charge in [0.15, 0.2) is 11.5 Å². The number of aryl methyl sites for hydroxylation is 2. The van der Waals surface area contributed by atoms with Crippen molar-refractivity contribution in [3.05, 3.63) is 101 Å². The number of hydrogen-bond donors (Lipinski definition) is 1. The van der Waals surface area contributed by atoms with Crippen LogP contribution in [0, 0.1) is 13.8 Å². The molecule has 2 aromatic heterocycles. The average Bonchev–Trinajstić information content (AvgIpc) is 3.45. The largest absolute Gasteiger partial charge is 0.503 e. The van der Waals surface area contributed by atoms with Crippen molar-refractivity contribution >= 4 is 28.3 Å². The van der Waals surface area contributed by atoms with E-state index in [-0.39, 0.29) is 11.3 Å². The fraction of sp³-hybridized carbons (Fsp3) is 0.120. The lowest BCUT2D eigenvalue weighted by Crippen LogP contribution is -2.31. The summed E-state index contributed by atoms with van der Waals surface area (Å²) in [5, 5.41) is 11.5. The van der Waals surface area contributed by atoms with E-state index in [1.54, 1.807) is 24.3 Å². The van der Waals surface area contributed by atoms with Gasteiger partial charge in [0.25, 0.3) is 5.91 Å². The maximum atomic E-state index is 13.5. The summed E-state index contributed by atoms with van der Waals surface area (Å²) in [7, 11) is 0. The van der Waals surface area contributed by atoms with E-state index in [0.717, 1.165) is 16.5 Å². The van der Waals surface area contributed by atoms with Crippen molar-refractivity contribution in [3.8, 4) is 0 Å². The Labute approximate surface area is 178 Å². The lowest BCUT2D eigenvalue weighted by molar-refractivity contribution is -0.117. The standard InChI is InChI=1S/C25H19NO5/c1-14-10-15(2)12-17(11-14)26-22(19-8-5-9-30-19)21(24(28)25(26)29)23(27)20-13-16-6-3-4-7-18(16)31-20/h3-13,22,28H,1-2H3. The Morgan fingerprint density at radius 2 is 1.74 bits per heavy atom. The second-order valence-corrected chi connectivity index (χ2v) is 7.68. The van der Waals surface area contributed by atoms with Gasteiger partial charge in [-0.25, -0.2) is 0 Å². The van der Waals surface area contributed by atoms with Gasteiger partial charge in [0.1, 0.15) is 17.4 Å². The Hall–Kier alpha value is -4.06. The van der Waals surface area contributed by atoms with Crippen molar-refractivity contribution in [2.75, 3.05) is 4.90 Å². The van der Waals surface area contributed by atoms with Crippen LogP contribution >= 0.6 is 0 Å². The topological polar surface area (TPSA) is 83.9 Å². The van der Waals surface area contributed by atoms with Crippen molar-refractivity contribution in [3.63, 3.8) is 0 Å². The molecule has 1 unspecified atom stereocenters. The van der Waals surface area contributed by atoms with Crippen molar-refractivity contribution in [1.29, 1.82) is 0 Å². The number of furan rings is 2. The zero-order valence-corrected chi connectivity index (χ0v) is 17.0. The van der Waals surface area contributed by atoms with Gasteiger partial charge in [0, 0.05) is 11.1 Å². The van der Waals surface area contributed by atoms with E-state index in [1.165, 1.54) is 11.2 Å². The molecule has 1 aliphatic rings. The number of aliphatic hydroxyl groups excluding tert-OH is 1. The van der Waals surface area contributed by atoms with Crippen LogP contribution in [0.25, 0.3) is 11.0 Å².